The largest absolute Gasteiger partial charge is 0.497 e. The number of benzene rings is 1. The maximum absolute atomic E-state index is 11.3. The standard InChI is InChI=1S/C13H19NO3/c1-9(2)13(3,12(15)16)14-10-6-5-7-11(8-10)17-4/h5-9,14H,1-4H3,(H,15,16). The van der Waals surface area contributed by atoms with Crippen LogP contribution in [0.5, 0.6) is 5.75 Å². The third-order valence-corrected chi connectivity index (χ3v) is 3.07. The smallest absolute Gasteiger partial charge is 0.329 e. The summed E-state index contributed by atoms with van der Waals surface area (Å²) < 4.78 is 5.10. The average Bonchev–Trinajstić information content (AvgIpc) is 2.28. The quantitative estimate of drug-likeness (QED) is 0.826. The van der Waals surface area contributed by atoms with E-state index in [1.54, 1.807) is 20.1 Å². The van der Waals surface area contributed by atoms with E-state index in [9.17, 15) is 9.90 Å². The number of anilines is 1. The lowest BCUT2D eigenvalue weighted by molar-refractivity contribution is -0.143. The lowest BCUT2D eigenvalue weighted by atomic mass is 9.88. The van der Waals surface area contributed by atoms with Gasteiger partial charge in [-0.3, -0.25) is 0 Å². The Labute approximate surface area is 102 Å². The molecule has 1 rings (SSSR count). The first-order chi connectivity index (χ1) is 7.90. The molecule has 1 aromatic carbocycles. The predicted octanol–water partition coefficient (Wildman–Crippen LogP) is 2.61. The molecule has 0 fully saturated rings. The third kappa shape index (κ3) is 2.90. The summed E-state index contributed by atoms with van der Waals surface area (Å²) in [6.45, 7) is 5.43. The second-order valence-corrected chi connectivity index (χ2v) is 4.52. The van der Waals surface area contributed by atoms with Gasteiger partial charge < -0.3 is 15.2 Å². The van der Waals surface area contributed by atoms with Gasteiger partial charge >= 0.3 is 5.97 Å². The minimum Gasteiger partial charge on any atom is -0.497 e. The monoisotopic (exact) mass is 237 g/mol. The Hall–Kier alpha value is -1.71. The first-order valence-electron chi connectivity index (χ1n) is 5.55. The molecular formula is C13H19NO3. The van der Waals surface area contributed by atoms with Gasteiger partial charge in [0.1, 0.15) is 11.3 Å². The summed E-state index contributed by atoms with van der Waals surface area (Å²) in [6, 6.07) is 7.25. The molecule has 1 atom stereocenters. The fraction of sp³-hybridized carbons (Fsp3) is 0.462. The van der Waals surface area contributed by atoms with Crippen molar-refractivity contribution < 1.29 is 14.6 Å². The normalized spacial score (nSPS) is 14.2. The fourth-order valence-electron chi connectivity index (χ4n) is 1.45. The Kier molecular flexibility index (Phi) is 3.99. The number of aliphatic carboxylic acids is 1. The van der Waals surface area contributed by atoms with Crippen LogP contribution in [0.2, 0.25) is 0 Å². The minimum absolute atomic E-state index is 0.0359. The van der Waals surface area contributed by atoms with E-state index in [0.29, 0.717) is 5.75 Å². The highest BCUT2D eigenvalue weighted by atomic mass is 16.5. The van der Waals surface area contributed by atoms with Gasteiger partial charge in [0.2, 0.25) is 0 Å². The summed E-state index contributed by atoms with van der Waals surface area (Å²) in [5.74, 6) is -0.201. The van der Waals surface area contributed by atoms with Crippen LogP contribution in [0.1, 0.15) is 20.8 Å². The summed E-state index contributed by atoms with van der Waals surface area (Å²) in [5, 5.41) is 12.3. The van der Waals surface area contributed by atoms with Crippen molar-refractivity contribution in [2.75, 3.05) is 12.4 Å². The molecule has 0 saturated carbocycles. The first-order valence-corrected chi connectivity index (χ1v) is 5.55. The number of ether oxygens (including phenoxy) is 1. The van der Waals surface area contributed by atoms with Crippen LogP contribution < -0.4 is 10.1 Å². The lowest BCUT2D eigenvalue weighted by Gasteiger charge is -2.31. The molecule has 2 N–H and O–H groups in total. The van der Waals surface area contributed by atoms with Gasteiger partial charge in [-0.05, 0) is 25.0 Å². The van der Waals surface area contributed by atoms with Crippen molar-refractivity contribution in [2.24, 2.45) is 5.92 Å². The third-order valence-electron chi connectivity index (χ3n) is 3.07. The summed E-state index contributed by atoms with van der Waals surface area (Å²) in [5.41, 5.74) is -0.255. The lowest BCUT2D eigenvalue weighted by Crippen LogP contribution is -2.48. The van der Waals surface area contributed by atoms with Crippen molar-refractivity contribution in [2.45, 2.75) is 26.3 Å². The highest BCUT2D eigenvalue weighted by Gasteiger charge is 2.36. The Morgan fingerprint density at radius 1 is 1.47 bits per heavy atom. The van der Waals surface area contributed by atoms with Crippen molar-refractivity contribution in [3.05, 3.63) is 24.3 Å². The number of carboxylic acids is 1. The van der Waals surface area contributed by atoms with E-state index in [1.807, 2.05) is 32.0 Å². The van der Waals surface area contributed by atoms with E-state index in [1.165, 1.54) is 0 Å². The highest BCUT2D eigenvalue weighted by Crippen LogP contribution is 2.25. The topological polar surface area (TPSA) is 58.6 Å². The second kappa shape index (κ2) is 5.08. The number of carbonyl (C=O) groups is 1. The Morgan fingerprint density at radius 3 is 2.59 bits per heavy atom. The zero-order valence-corrected chi connectivity index (χ0v) is 10.7. The number of nitrogens with one attached hydrogen (secondary N) is 1. The molecule has 0 amide bonds. The molecule has 0 radical (unpaired) electrons. The maximum atomic E-state index is 11.3. The van der Waals surface area contributed by atoms with Gasteiger partial charge in [0, 0.05) is 11.8 Å². The van der Waals surface area contributed by atoms with Gasteiger partial charge in [0.05, 0.1) is 7.11 Å². The van der Waals surface area contributed by atoms with Gasteiger partial charge in [-0.25, -0.2) is 4.79 Å². The SMILES string of the molecule is COc1cccc(NC(C)(C(=O)O)C(C)C)c1. The van der Waals surface area contributed by atoms with Crippen molar-refractivity contribution in [3.63, 3.8) is 0 Å². The Morgan fingerprint density at radius 2 is 2.12 bits per heavy atom. The van der Waals surface area contributed by atoms with Gasteiger partial charge in [0.15, 0.2) is 0 Å². The van der Waals surface area contributed by atoms with E-state index in [4.69, 9.17) is 4.74 Å². The van der Waals surface area contributed by atoms with E-state index >= 15 is 0 Å². The molecule has 0 aliphatic rings. The van der Waals surface area contributed by atoms with Crippen LogP contribution in [0.3, 0.4) is 0 Å². The second-order valence-electron chi connectivity index (χ2n) is 4.52. The molecule has 4 heteroatoms. The molecule has 17 heavy (non-hydrogen) atoms. The van der Waals surface area contributed by atoms with Crippen molar-refractivity contribution in [1.29, 1.82) is 0 Å². The summed E-state index contributed by atoms with van der Waals surface area (Å²) >= 11 is 0. The van der Waals surface area contributed by atoms with Gasteiger partial charge in [-0.15, -0.1) is 0 Å². The Bertz CT molecular complexity index is 403. The molecular weight excluding hydrogens is 218 g/mol. The van der Waals surface area contributed by atoms with Crippen molar-refractivity contribution in [3.8, 4) is 5.75 Å². The van der Waals surface area contributed by atoms with Gasteiger partial charge in [-0.1, -0.05) is 19.9 Å². The van der Waals surface area contributed by atoms with Gasteiger partial charge in [0.25, 0.3) is 0 Å². The van der Waals surface area contributed by atoms with Crippen LogP contribution in [0.15, 0.2) is 24.3 Å². The molecule has 0 spiro atoms. The number of hydrogen-bond acceptors (Lipinski definition) is 3. The van der Waals surface area contributed by atoms with E-state index in [-0.39, 0.29) is 5.92 Å². The Balaban J connectivity index is 2.98. The van der Waals surface area contributed by atoms with Crippen molar-refractivity contribution in [1.82, 2.24) is 0 Å². The zero-order chi connectivity index (χ0) is 13.1. The van der Waals surface area contributed by atoms with Crippen LogP contribution in [-0.2, 0) is 4.79 Å². The summed E-state index contributed by atoms with van der Waals surface area (Å²) in [7, 11) is 1.58. The number of methoxy groups -OCH3 is 1. The molecule has 4 nitrogen and oxygen atoms in total. The summed E-state index contributed by atoms with van der Waals surface area (Å²) in [4.78, 5) is 11.3. The highest BCUT2D eigenvalue weighted by molar-refractivity contribution is 5.82. The molecule has 0 aromatic heterocycles. The minimum atomic E-state index is -0.994. The van der Waals surface area contributed by atoms with E-state index in [0.717, 1.165) is 5.69 Å². The molecule has 0 aliphatic heterocycles. The van der Waals surface area contributed by atoms with E-state index in [2.05, 4.69) is 5.32 Å². The van der Waals surface area contributed by atoms with Crippen LogP contribution in [0.4, 0.5) is 5.69 Å². The molecule has 1 aromatic rings. The molecule has 0 heterocycles. The first kappa shape index (κ1) is 13.4. The molecule has 0 saturated heterocycles. The van der Waals surface area contributed by atoms with E-state index < -0.39 is 11.5 Å². The summed E-state index contributed by atoms with van der Waals surface area (Å²) in [6.07, 6.45) is 0. The van der Waals surface area contributed by atoms with Crippen LogP contribution >= 0.6 is 0 Å². The van der Waals surface area contributed by atoms with Crippen molar-refractivity contribution >= 4 is 11.7 Å². The zero-order valence-electron chi connectivity index (χ0n) is 10.7. The fourth-order valence-corrected chi connectivity index (χ4v) is 1.45. The molecule has 1 unspecified atom stereocenters. The predicted molar refractivity (Wildman–Crippen MR) is 67.5 cm³/mol. The average molecular weight is 237 g/mol. The van der Waals surface area contributed by atoms with Crippen LogP contribution in [0, 0.1) is 5.92 Å². The van der Waals surface area contributed by atoms with Crippen LogP contribution in [-0.4, -0.2) is 23.7 Å². The number of carboxylic acid groups (broad SMARTS) is 1. The number of rotatable bonds is 5. The maximum Gasteiger partial charge on any atom is 0.329 e. The van der Waals surface area contributed by atoms with Gasteiger partial charge in [-0.2, -0.15) is 0 Å². The molecule has 94 valence electrons. The molecule has 0 bridgehead atoms. The van der Waals surface area contributed by atoms with Crippen LogP contribution in [0.25, 0.3) is 0 Å². The number of hydrogen-bond donors (Lipinski definition) is 2. The molecule has 0 aliphatic carbocycles.